The fourth-order valence-corrected chi connectivity index (χ4v) is 3.26. The average molecular weight is 551 g/mol. The number of phosphoric ester groups is 1. The number of hydrogen-bond acceptors (Lipinski definition) is 15. The Labute approximate surface area is 286 Å². The molecule has 1 aliphatic rings. The number of fused-ring (bicyclic) bond motifs is 1. The summed E-state index contributed by atoms with van der Waals surface area (Å²) in [6, 6.07) is -1.69. The van der Waals surface area contributed by atoms with E-state index >= 15 is 0 Å². The minimum atomic E-state index is -5.34. The van der Waals surface area contributed by atoms with Crippen LogP contribution >= 0.6 is 7.82 Å². The molecule has 0 amide bonds. The number of nitrogens with zero attached hydrogens (tertiary/aromatic N) is 4. The van der Waals surface area contributed by atoms with E-state index in [4.69, 9.17) is 4.74 Å². The van der Waals surface area contributed by atoms with E-state index in [0.717, 1.165) is 17.2 Å². The van der Waals surface area contributed by atoms with Crippen LogP contribution in [0.2, 0.25) is 0 Å². The molecule has 0 saturated carbocycles. The van der Waals surface area contributed by atoms with Gasteiger partial charge in [-0.15, -0.1) is 0 Å². The van der Waals surface area contributed by atoms with Crippen molar-refractivity contribution in [3.63, 3.8) is 0 Å². The van der Waals surface area contributed by atoms with E-state index in [1.54, 1.807) is 0 Å². The Morgan fingerprint density at radius 2 is 1.77 bits per heavy atom. The van der Waals surface area contributed by atoms with Crippen molar-refractivity contribution in [3.8, 4) is 0 Å². The van der Waals surface area contributed by atoms with Crippen LogP contribution in [0.3, 0.4) is 0 Å². The van der Waals surface area contributed by atoms with Gasteiger partial charge in [0.15, 0.2) is 23.2 Å². The number of nitrogens with one attached hydrogen (secondary N) is 1. The second-order valence-electron chi connectivity index (χ2n) is 6.43. The number of carbonyl (C=O) groups is 2. The van der Waals surface area contributed by atoms with Gasteiger partial charge in [-0.2, -0.15) is 0 Å². The van der Waals surface area contributed by atoms with Gasteiger partial charge in [0, 0.05) is 12.4 Å². The number of aliphatic hydroxyl groups is 2. The molecule has 0 aliphatic carbocycles. The van der Waals surface area contributed by atoms with Crippen LogP contribution in [0.15, 0.2) is 12.7 Å². The van der Waals surface area contributed by atoms with E-state index in [2.05, 4.69) is 24.8 Å². The number of aromatic nitrogens is 4. The minimum absolute atomic E-state index is 0. The topological polar surface area (TPSA) is 258 Å². The Kier molecular flexibility index (Phi) is 18.0. The molecule has 0 spiro atoms. The molecule has 3 N–H and O–H groups in total. The first-order chi connectivity index (χ1) is 14.5. The van der Waals surface area contributed by atoms with Crippen LogP contribution in [0, 0.1) is 0 Å². The molecule has 3 rings (SSSR count). The SMILES string of the molecule is O=C([O-])C[C@H](Nc1ncnc2c1ncn2[C@@H]1O[C@H](COP(=O)([O-])[O-])[C@@H](O)[C@H]1O)C(=O)[O-].[Na+].[Na+].[Na+].[Na+]. The van der Waals surface area contributed by atoms with E-state index < -0.39 is 63.4 Å². The summed E-state index contributed by atoms with van der Waals surface area (Å²) < 4.78 is 21.2. The molecule has 170 valence electrons. The minimum Gasteiger partial charge on any atom is -0.790 e. The summed E-state index contributed by atoms with van der Waals surface area (Å²) in [7, 11) is -5.34. The van der Waals surface area contributed by atoms with Gasteiger partial charge in [0.1, 0.15) is 24.6 Å². The van der Waals surface area contributed by atoms with Crippen LogP contribution in [-0.2, 0) is 23.4 Å². The van der Waals surface area contributed by atoms with Crippen molar-refractivity contribution in [2.75, 3.05) is 11.9 Å². The second-order valence-corrected chi connectivity index (χ2v) is 7.58. The number of aliphatic carboxylic acids is 2. The number of carbonyl (C=O) groups excluding carboxylic acids is 2. The maximum absolute atomic E-state index is 11.1. The third kappa shape index (κ3) is 10.1. The largest absolute Gasteiger partial charge is 1.00 e. The predicted molar refractivity (Wildman–Crippen MR) is 86.8 cm³/mol. The fourth-order valence-electron chi connectivity index (χ4n) is 2.93. The van der Waals surface area contributed by atoms with Crippen molar-refractivity contribution >= 4 is 36.7 Å². The van der Waals surface area contributed by atoms with Gasteiger partial charge < -0.3 is 58.9 Å². The summed E-state index contributed by atoms with van der Waals surface area (Å²) in [6.45, 7) is -0.843. The molecule has 0 bridgehead atoms. The van der Waals surface area contributed by atoms with E-state index in [0.29, 0.717) is 0 Å². The van der Waals surface area contributed by atoms with Crippen molar-refractivity contribution in [3.05, 3.63) is 12.7 Å². The molecular formula is C14H14N5Na4O11P. The maximum Gasteiger partial charge on any atom is 1.00 e. The number of rotatable bonds is 9. The molecule has 35 heavy (non-hydrogen) atoms. The first kappa shape index (κ1) is 38.4. The zero-order valence-electron chi connectivity index (χ0n) is 19.3. The van der Waals surface area contributed by atoms with Crippen LogP contribution in [0.5, 0.6) is 0 Å². The van der Waals surface area contributed by atoms with Crippen LogP contribution in [0.1, 0.15) is 12.6 Å². The normalized spacial score (nSPS) is 22.1. The van der Waals surface area contributed by atoms with Gasteiger partial charge in [0.2, 0.25) is 0 Å². The van der Waals surface area contributed by atoms with Crippen LogP contribution < -0.4 is 144 Å². The molecule has 21 heteroatoms. The molecule has 2 aromatic heterocycles. The maximum atomic E-state index is 11.1. The van der Waals surface area contributed by atoms with E-state index in [1.807, 2.05) is 0 Å². The van der Waals surface area contributed by atoms with Gasteiger partial charge in [0.25, 0.3) is 0 Å². The third-order valence-electron chi connectivity index (χ3n) is 4.33. The van der Waals surface area contributed by atoms with Crippen molar-refractivity contribution < 1.29 is 172 Å². The first-order valence-corrected chi connectivity index (χ1v) is 9.97. The van der Waals surface area contributed by atoms with Crippen molar-refractivity contribution in [2.24, 2.45) is 0 Å². The van der Waals surface area contributed by atoms with Crippen LogP contribution in [0.4, 0.5) is 5.82 Å². The zero-order chi connectivity index (χ0) is 22.9. The molecule has 2 aromatic rings. The Morgan fingerprint density at radius 3 is 2.31 bits per heavy atom. The number of carboxylic acid groups (broad SMARTS) is 2. The van der Waals surface area contributed by atoms with E-state index in [9.17, 15) is 44.4 Å². The standard InChI is InChI=1S/C14H18N5O11P.4Na/c20-7(21)1-5(14(24)25)18-11-8-12(16-3-15-11)19(4-17-8)13-10(23)9(22)6(30-13)2-29-31(26,27)28;;;;/h3-6,9-10,13,22-23H,1-2H2,(H,20,21)(H,24,25)(H,15,16,18)(H2,26,27,28);;;;/q;4*+1/p-4/t5-,6+,9+,10+,13+;;;;/m0..../s1. The van der Waals surface area contributed by atoms with Crippen molar-refractivity contribution in [1.29, 1.82) is 0 Å². The summed E-state index contributed by atoms with van der Waals surface area (Å²) in [6.07, 6.45) is -4.78. The molecule has 0 unspecified atom stereocenters. The summed E-state index contributed by atoms with van der Waals surface area (Å²) >= 11 is 0. The number of ether oxygens (including phenoxy) is 1. The monoisotopic (exact) mass is 551 g/mol. The Hall–Kier alpha value is 1.28. The number of carboxylic acids is 2. The van der Waals surface area contributed by atoms with E-state index in [1.165, 1.54) is 0 Å². The van der Waals surface area contributed by atoms with Gasteiger partial charge in [-0.05, 0) is 0 Å². The second kappa shape index (κ2) is 16.4. The van der Waals surface area contributed by atoms with Gasteiger partial charge in [-0.25, -0.2) is 15.0 Å². The van der Waals surface area contributed by atoms with Crippen molar-refractivity contribution in [1.82, 2.24) is 19.5 Å². The average Bonchev–Trinajstić information content (AvgIpc) is 3.21. The number of imidazole rings is 1. The Bertz CT molecular complexity index is 1040. The summed E-state index contributed by atoms with van der Waals surface area (Å²) in [5.74, 6) is -3.56. The summed E-state index contributed by atoms with van der Waals surface area (Å²) in [4.78, 5) is 54.8. The molecule has 0 aromatic carbocycles. The molecule has 0 radical (unpaired) electrons. The third-order valence-corrected chi connectivity index (χ3v) is 4.80. The summed E-state index contributed by atoms with van der Waals surface area (Å²) in [5, 5.41) is 44.5. The predicted octanol–water partition coefficient (Wildman–Crippen LogP) is -18.0. The smallest absolute Gasteiger partial charge is 0.790 e. The number of aliphatic hydroxyl groups excluding tert-OH is 2. The van der Waals surface area contributed by atoms with Crippen LogP contribution in [-0.4, -0.2) is 72.6 Å². The zero-order valence-corrected chi connectivity index (χ0v) is 28.2. The molecule has 5 atom stereocenters. The van der Waals surface area contributed by atoms with Gasteiger partial charge in [0.05, 0.1) is 32.8 Å². The molecule has 16 nitrogen and oxygen atoms in total. The number of phosphoric acid groups is 1. The molecule has 1 fully saturated rings. The number of hydrogen-bond donors (Lipinski definition) is 3. The molecule has 3 heterocycles. The van der Waals surface area contributed by atoms with E-state index in [-0.39, 0.29) is 135 Å². The van der Waals surface area contributed by atoms with Crippen LogP contribution in [0.25, 0.3) is 11.2 Å². The fraction of sp³-hybridized carbons (Fsp3) is 0.500. The number of anilines is 1. The van der Waals surface area contributed by atoms with Gasteiger partial charge in [-0.1, -0.05) is 0 Å². The molecular weight excluding hydrogens is 537 g/mol. The summed E-state index contributed by atoms with van der Waals surface area (Å²) in [5.41, 5.74) is -0.0557. The van der Waals surface area contributed by atoms with Gasteiger partial charge in [-0.3, -0.25) is 4.57 Å². The van der Waals surface area contributed by atoms with Gasteiger partial charge >= 0.3 is 118 Å². The van der Waals surface area contributed by atoms with Crippen molar-refractivity contribution in [2.45, 2.75) is 37.0 Å². The quantitative estimate of drug-likeness (QED) is 0.193. The first-order valence-electron chi connectivity index (χ1n) is 8.51. The molecule has 1 aliphatic heterocycles. The Morgan fingerprint density at radius 1 is 1.14 bits per heavy atom. The Balaban J connectivity index is 0. The molecule has 1 saturated heterocycles.